The Morgan fingerprint density at radius 1 is 1.15 bits per heavy atom. The molecule has 0 radical (unpaired) electrons. The summed E-state index contributed by atoms with van der Waals surface area (Å²) >= 11 is 0. The predicted molar refractivity (Wildman–Crippen MR) is 84.8 cm³/mol. The summed E-state index contributed by atoms with van der Waals surface area (Å²) in [6, 6.07) is 10.4. The van der Waals surface area contributed by atoms with Crippen LogP contribution in [0.15, 0.2) is 30.3 Å². The summed E-state index contributed by atoms with van der Waals surface area (Å²) < 4.78 is 0. The highest BCUT2D eigenvalue weighted by Gasteiger charge is 2.33. The zero-order valence-corrected chi connectivity index (χ0v) is 13.1. The van der Waals surface area contributed by atoms with E-state index in [0.717, 1.165) is 25.2 Å². The zero-order valence-electron chi connectivity index (χ0n) is 13.1. The Morgan fingerprint density at radius 3 is 2.30 bits per heavy atom. The molecule has 0 aromatic heterocycles. The first kappa shape index (κ1) is 15.3. The van der Waals surface area contributed by atoms with Gasteiger partial charge < -0.3 is 0 Å². The Hall–Kier alpha value is -1.11. The van der Waals surface area contributed by atoms with Gasteiger partial charge in [-0.1, -0.05) is 70.4 Å². The molecule has 0 spiro atoms. The van der Waals surface area contributed by atoms with E-state index >= 15 is 0 Å². The fourth-order valence-electron chi connectivity index (χ4n) is 3.47. The van der Waals surface area contributed by atoms with Gasteiger partial charge in [0.15, 0.2) is 0 Å². The molecule has 2 atom stereocenters. The lowest BCUT2D eigenvalue weighted by atomic mass is 9.72. The molecule has 0 saturated heterocycles. The van der Waals surface area contributed by atoms with E-state index in [1.54, 1.807) is 0 Å². The maximum Gasteiger partial charge on any atom is 0.143 e. The summed E-state index contributed by atoms with van der Waals surface area (Å²) in [5.74, 6) is 2.13. The Morgan fingerprint density at radius 2 is 1.75 bits per heavy atom. The first-order chi connectivity index (χ1) is 9.63. The van der Waals surface area contributed by atoms with Crippen molar-refractivity contribution in [3.63, 3.8) is 0 Å². The Kier molecular flexibility index (Phi) is 5.39. The normalized spacial score (nSPS) is 25.9. The first-order valence-corrected chi connectivity index (χ1v) is 8.22. The predicted octanol–water partition coefficient (Wildman–Crippen LogP) is 5.21. The maximum absolute atomic E-state index is 13.0. The van der Waals surface area contributed by atoms with E-state index in [-0.39, 0.29) is 5.92 Å². The minimum absolute atomic E-state index is 0.0969. The van der Waals surface area contributed by atoms with E-state index in [1.165, 1.54) is 18.4 Å². The van der Waals surface area contributed by atoms with Gasteiger partial charge in [0.2, 0.25) is 0 Å². The van der Waals surface area contributed by atoms with Crippen LogP contribution in [-0.4, -0.2) is 5.78 Å². The van der Waals surface area contributed by atoms with Crippen molar-refractivity contribution in [3.8, 4) is 0 Å². The molecule has 2 unspecified atom stereocenters. The van der Waals surface area contributed by atoms with Gasteiger partial charge in [-0.25, -0.2) is 0 Å². The summed E-state index contributed by atoms with van der Waals surface area (Å²) in [6.45, 7) is 6.72. The third-order valence-corrected chi connectivity index (χ3v) is 5.10. The second kappa shape index (κ2) is 7.06. The van der Waals surface area contributed by atoms with Crippen LogP contribution in [0.1, 0.15) is 64.4 Å². The van der Waals surface area contributed by atoms with Crippen molar-refractivity contribution in [1.29, 1.82) is 0 Å². The lowest BCUT2D eigenvalue weighted by Crippen LogP contribution is -2.29. The lowest BCUT2D eigenvalue weighted by Gasteiger charge is -2.31. The summed E-state index contributed by atoms with van der Waals surface area (Å²) in [5.41, 5.74) is 1.21. The molecule has 0 heterocycles. The molecule has 1 aromatic rings. The minimum atomic E-state index is 0.0969. The van der Waals surface area contributed by atoms with Crippen LogP contribution in [-0.2, 0) is 4.79 Å². The average Bonchev–Trinajstić information content (AvgIpc) is 2.49. The largest absolute Gasteiger partial charge is 0.299 e. The van der Waals surface area contributed by atoms with Crippen molar-refractivity contribution in [1.82, 2.24) is 0 Å². The van der Waals surface area contributed by atoms with E-state index in [0.29, 0.717) is 17.6 Å². The Bertz CT molecular complexity index is 415. The van der Waals surface area contributed by atoms with E-state index in [9.17, 15) is 4.79 Å². The standard InChI is InChI=1S/C19H28O/c1-4-15(3)18(16-8-6-5-7-9-16)19(20)17-12-10-14(2)11-13-17/h5-9,14-15,17-18H,4,10-13H2,1-3H3. The second-order valence-electron chi connectivity index (χ2n) is 6.63. The molecule has 1 saturated carbocycles. The SMILES string of the molecule is CCC(C)C(C(=O)C1CCC(C)CC1)c1ccccc1. The molecule has 0 amide bonds. The van der Waals surface area contributed by atoms with E-state index in [4.69, 9.17) is 0 Å². The fourth-order valence-corrected chi connectivity index (χ4v) is 3.47. The molecule has 0 aliphatic heterocycles. The van der Waals surface area contributed by atoms with Crippen molar-refractivity contribution in [2.24, 2.45) is 17.8 Å². The van der Waals surface area contributed by atoms with Crippen LogP contribution < -0.4 is 0 Å². The number of Topliss-reactive ketones (excluding diaryl/α,β-unsaturated/α-hetero) is 1. The number of benzene rings is 1. The highest BCUT2D eigenvalue weighted by atomic mass is 16.1. The van der Waals surface area contributed by atoms with Gasteiger partial charge in [-0.3, -0.25) is 4.79 Å². The van der Waals surface area contributed by atoms with Crippen LogP contribution in [0, 0.1) is 17.8 Å². The molecular weight excluding hydrogens is 244 g/mol. The number of carbonyl (C=O) groups is 1. The van der Waals surface area contributed by atoms with Crippen LogP contribution in [0.2, 0.25) is 0 Å². The molecule has 20 heavy (non-hydrogen) atoms. The zero-order chi connectivity index (χ0) is 14.5. The molecule has 0 bridgehead atoms. The van der Waals surface area contributed by atoms with Crippen molar-refractivity contribution < 1.29 is 4.79 Å². The van der Waals surface area contributed by atoms with Crippen molar-refractivity contribution in [3.05, 3.63) is 35.9 Å². The number of ketones is 1. The molecule has 1 fully saturated rings. The molecule has 2 rings (SSSR count). The summed E-state index contributed by atoms with van der Waals surface area (Å²) in [4.78, 5) is 13.0. The van der Waals surface area contributed by atoms with Crippen LogP contribution >= 0.6 is 0 Å². The summed E-state index contributed by atoms with van der Waals surface area (Å²) in [7, 11) is 0. The summed E-state index contributed by atoms with van der Waals surface area (Å²) in [5, 5.41) is 0. The highest BCUT2D eigenvalue weighted by Crippen LogP contribution is 2.36. The molecule has 1 nitrogen and oxygen atoms in total. The average molecular weight is 272 g/mol. The Labute approximate surface area is 123 Å². The number of hydrogen-bond donors (Lipinski definition) is 0. The molecule has 0 N–H and O–H groups in total. The number of rotatable bonds is 5. The van der Waals surface area contributed by atoms with Gasteiger partial charge in [0.1, 0.15) is 5.78 Å². The summed E-state index contributed by atoms with van der Waals surface area (Å²) in [6.07, 6.45) is 5.70. The third-order valence-electron chi connectivity index (χ3n) is 5.10. The topological polar surface area (TPSA) is 17.1 Å². The number of carbonyl (C=O) groups excluding carboxylic acids is 1. The molecule has 1 aliphatic rings. The van der Waals surface area contributed by atoms with Crippen LogP contribution in [0.3, 0.4) is 0 Å². The van der Waals surface area contributed by atoms with Gasteiger partial charge >= 0.3 is 0 Å². The minimum Gasteiger partial charge on any atom is -0.299 e. The Balaban J connectivity index is 2.17. The lowest BCUT2D eigenvalue weighted by molar-refractivity contribution is -0.126. The molecule has 110 valence electrons. The number of hydrogen-bond acceptors (Lipinski definition) is 1. The van der Waals surface area contributed by atoms with Crippen molar-refractivity contribution in [2.75, 3.05) is 0 Å². The molecule has 1 aliphatic carbocycles. The monoisotopic (exact) mass is 272 g/mol. The smallest absolute Gasteiger partial charge is 0.143 e. The van der Waals surface area contributed by atoms with Crippen molar-refractivity contribution in [2.45, 2.75) is 58.8 Å². The maximum atomic E-state index is 13.0. The second-order valence-corrected chi connectivity index (χ2v) is 6.63. The van der Waals surface area contributed by atoms with Gasteiger partial charge in [0.05, 0.1) is 0 Å². The van der Waals surface area contributed by atoms with E-state index in [1.807, 2.05) is 6.07 Å². The van der Waals surface area contributed by atoms with E-state index in [2.05, 4.69) is 45.0 Å². The third kappa shape index (κ3) is 3.50. The van der Waals surface area contributed by atoms with Crippen LogP contribution in [0.25, 0.3) is 0 Å². The van der Waals surface area contributed by atoms with Crippen LogP contribution in [0.4, 0.5) is 0 Å². The molecule has 1 aromatic carbocycles. The highest BCUT2D eigenvalue weighted by molar-refractivity contribution is 5.88. The first-order valence-electron chi connectivity index (χ1n) is 8.22. The van der Waals surface area contributed by atoms with Crippen LogP contribution in [0.5, 0.6) is 0 Å². The molecule has 1 heteroatoms. The van der Waals surface area contributed by atoms with E-state index < -0.39 is 0 Å². The fraction of sp³-hybridized carbons (Fsp3) is 0.632. The van der Waals surface area contributed by atoms with Gasteiger partial charge in [-0.05, 0) is 30.2 Å². The molecular formula is C19H28O. The van der Waals surface area contributed by atoms with Crippen molar-refractivity contribution >= 4 is 5.78 Å². The van der Waals surface area contributed by atoms with Gasteiger partial charge in [-0.2, -0.15) is 0 Å². The van der Waals surface area contributed by atoms with Gasteiger partial charge in [-0.15, -0.1) is 0 Å². The quantitative estimate of drug-likeness (QED) is 0.719. The van der Waals surface area contributed by atoms with Gasteiger partial charge in [0, 0.05) is 11.8 Å². The van der Waals surface area contributed by atoms with Gasteiger partial charge in [0.25, 0.3) is 0 Å².